The molecule has 3 N–H and O–H groups in total. The lowest BCUT2D eigenvalue weighted by Crippen LogP contribution is -2.40. The van der Waals surface area contributed by atoms with Crippen molar-refractivity contribution in [2.75, 3.05) is 0 Å². The number of carbonyl (C=O) groups excluding carboxylic acids is 1. The zero-order chi connectivity index (χ0) is 11.4. The number of halogens is 2. The van der Waals surface area contributed by atoms with Crippen molar-refractivity contribution in [2.45, 2.75) is 13.0 Å². The predicted molar refractivity (Wildman–Crippen MR) is 64.3 cm³/mol. The van der Waals surface area contributed by atoms with Gasteiger partial charge in [-0.25, -0.2) is 5.84 Å². The van der Waals surface area contributed by atoms with Gasteiger partial charge in [0.25, 0.3) is 5.91 Å². The molecule has 4 nitrogen and oxygen atoms in total. The summed E-state index contributed by atoms with van der Waals surface area (Å²) in [4.78, 5) is 11.1. The number of hydrogen-bond donors (Lipinski definition) is 2. The van der Waals surface area contributed by atoms with Crippen LogP contribution in [-0.2, 0) is 4.79 Å². The summed E-state index contributed by atoms with van der Waals surface area (Å²) in [5.41, 5.74) is 2.03. The Balaban J connectivity index is 2.76. The SMILES string of the molecule is C[C@@H](Oc1ccc(Br)cc1Br)C(=O)NN. The zero-order valence-electron chi connectivity index (χ0n) is 7.96. The van der Waals surface area contributed by atoms with Crippen LogP contribution in [0.4, 0.5) is 0 Å². The standard InChI is InChI=1S/C9H10Br2N2O2/c1-5(9(14)13-12)15-8-3-2-6(10)4-7(8)11/h2-5H,12H2,1H3,(H,13,14)/t5-/m1/s1. The molecule has 0 aromatic heterocycles. The highest BCUT2D eigenvalue weighted by molar-refractivity contribution is 9.11. The molecule has 0 saturated heterocycles. The van der Waals surface area contributed by atoms with Crippen molar-refractivity contribution in [2.24, 2.45) is 5.84 Å². The maximum atomic E-state index is 11.1. The lowest BCUT2D eigenvalue weighted by atomic mass is 10.3. The van der Waals surface area contributed by atoms with Crippen LogP contribution in [0, 0.1) is 0 Å². The number of nitrogens with two attached hydrogens (primary N) is 1. The van der Waals surface area contributed by atoms with Gasteiger partial charge < -0.3 is 4.74 Å². The van der Waals surface area contributed by atoms with Crippen LogP contribution >= 0.6 is 31.9 Å². The third-order valence-corrected chi connectivity index (χ3v) is 2.82. The average molecular weight is 338 g/mol. The van der Waals surface area contributed by atoms with Gasteiger partial charge in [-0.15, -0.1) is 0 Å². The molecular weight excluding hydrogens is 328 g/mol. The maximum Gasteiger partial charge on any atom is 0.274 e. The van der Waals surface area contributed by atoms with Crippen molar-refractivity contribution in [1.82, 2.24) is 5.43 Å². The Kier molecular flexibility index (Phi) is 4.56. The highest BCUT2D eigenvalue weighted by atomic mass is 79.9. The molecule has 1 aromatic rings. The van der Waals surface area contributed by atoms with E-state index in [-0.39, 0.29) is 5.91 Å². The number of hydrogen-bond acceptors (Lipinski definition) is 3. The molecular formula is C9H10Br2N2O2. The fourth-order valence-electron chi connectivity index (χ4n) is 0.932. The summed E-state index contributed by atoms with van der Waals surface area (Å²) in [5.74, 6) is 5.21. The van der Waals surface area contributed by atoms with Crippen LogP contribution in [0.1, 0.15) is 6.92 Å². The first-order valence-electron chi connectivity index (χ1n) is 4.16. The largest absolute Gasteiger partial charge is 0.480 e. The molecule has 82 valence electrons. The van der Waals surface area contributed by atoms with Gasteiger partial charge in [-0.2, -0.15) is 0 Å². The molecule has 15 heavy (non-hydrogen) atoms. The number of hydrazine groups is 1. The van der Waals surface area contributed by atoms with E-state index >= 15 is 0 Å². The Morgan fingerprint density at radius 3 is 2.73 bits per heavy atom. The number of benzene rings is 1. The minimum Gasteiger partial charge on any atom is -0.480 e. The molecule has 1 rings (SSSR count). The summed E-state index contributed by atoms with van der Waals surface area (Å²) < 4.78 is 7.09. The van der Waals surface area contributed by atoms with Gasteiger partial charge >= 0.3 is 0 Å². The second-order valence-corrected chi connectivity index (χ2v) is 4.61. The zero-order valence-corrected chi connectivity index (χ0v) is 11.1. The predicted octanol–water partition coefficient (Wildman–Crippen LogP) is 1.97. The van der Waals surface area contributed by atoms with Crippen molar-refractivity contribution in [3.8, 4) is 5.75 Å². The van der Waals surface area contributed by atoms with Crippen LogP contribution < -0.4 is 16.0 Å². The normalized spacial score (nSPS) is 12.0. The molecule has 0 fully saturated rings. The summed E-state index contributed by atoms with van der Waals surface area (Å²) in [6.07, 6.45) is -0.632. The molecule has 0 unspecified atom stereocenters. The fraction of sp³-hybridized carbons (Fsp3) is 0.222. The second kappa shape index (κ2) is 5.48. The van der Waals surface area contributed by atoms with Crippen LogP contribution in [0.2, 0.25) is 0 Å². The van der Waals surface area contributed by atoms with E-state index in [1.807, 2.05) is 17.6 Å². The lowest BCUT2D eigenvalue weighted by Gasteiger charge is -2.14. The summed E-state index contributed by atoms with van der Waals surface area (Å²) >= 11 is 6.65. The number of carbonyl (C=O) groups is 1. The van der Waals surface area contributed by atoms with Gasteiger partial charge in [-0.05, 0) is 41.1 Å². The van der Waals surface area contributed by atoms with Crippen molar-refractivity contribution < 1.29 is 9.53 Å². The maximum absolute atomic E-state index is 11.1. The number of nitrogens with one attached hydrogen (secondary N) is 1. The van der Waals surface area contributed by atoms with Gasteiger partial charge in [0.1, 0.15) is 5.75 Å². The Bertz CT molecular complexity index is 371. The molecule has 0 aliphatic carbocycles. The highest BCUT2D eigenvalue weighted by Crippen LogP contribution is 2.28. The van der Waals surface area contributed by atoms with Crippen LogP contribution in [0.25, 0.3) is 0 Å². The van der Waals surface area contributed by atoms with Crippen LogP contribution in [-0.4, -0.2) is 12.0 Å². The lowest BCUT2D eigenvalue weighted by molar-refractivity contribution is -0.127. The molecule has 0 spiro atoms. The molecule has 0 radical (unpaired) electrons. The van der Waals surface area contributed by atoms with Crippen molar-refractivity contribution in [1.29, 1.82) is 0 Å². The van der Waals surface area contributed by atoms with E-state index in [0.717, 1.165) is 8.95 Å². The number of rotatable bonds is 3. The molecule has 0 aliphatic heterocycles. The van der Waals surface area contributed by atoms with E-state index in [9.17, 15) is 4.79 Å². The quantitative estimate of drug-likeness (QED) is 0.503. The fourth-order valence-corrected chi connectivity index (χ4v) is 2.07. The number of ether oxygens (including phenoxy) is 1. The third-order valence-electron chi connectivity index (χ3n) is 1.71. The molecule has 1 atom stereocenters. The van der Waals surface area contributed by atoms with Gasteiger partial charge in [0.05, 0.1) is 4.47 Å². The molecule has 0 saturated carbocycles. The summed E-state index contributed by atoms with van der Waals surface area (Å²) in [7, 11) is 0. The van der Waals surface area contributed by atoms with Gasteiger partial charge in [0.2, 0.25) is 0 Å². The summed E-state index contributed by atoms with van der Waals surface area (Å²) in [6, 6.07) is 5.42. The van der Waals surface area contributed by atoms with E-state index in [2.05, 4.69) is 31.9 Å². The second-order valence-electron chi connectivity index (χ2n) is 2.84. The Hall–Kier alpha value is -0.590. The Morgan fingerprint density at radius 1 is 1.53 bits per heavy atom. The van der Waals surface area contributed by atoms with Crippen LogP contribution in [0.15, 0.2) is 27.1 Å². The van der Waals surface area contributed by atoms with Gasteiger partial charge in [-0.3, -0.25) is 10.2 Å². The summed E-state index contributed by atoms with van der Waals surface area (Å²) in [6.45, 7) is 1.62. The van der Waals surface area contributed by atoms with Crippen molar-refractivity contribution in [3.63, 3.8) is 0 Å². The smallest absolute Gasteiger partial charge is 0.274 e. The number of amides is 1. The van der Waals surface area contributed by atoms with E-state index in [0.29, 0.717) is 5.75 Å². The minimum atomic E-state index is -0.632. The first-order chi connectivity index (χ1) is 7.04. The van der Waals surface area contributed by atoms with Gasteiger partial charge in [0.15, 0.2) is 6.10 Å². The minimum absolute atomic E-state index is 0.371. The van der Waals surface area contributed by atoms with Crippen LogP contribution in [0.5, 0.6) is 5.75 Å². The first-order valence-corrected chi connectivity index (χ1v) is 5.75. The van der Waals surface area contributed by atoms with E-state index in [1.165, 1.54) is 0 Å². The van der Waals surface area contributed by atoms with E-state index in [1.54, 1.807) is 13.0 Å². The van der Waals surface area contributed by atoms with Crippen molar-refractivity contribution in [3.05, 3.63) is 27.1 Å². The molecule has 0 heterocycles. The Morgan fingerprint density at radius 2 is 2.20 bits per heavy atom. The van der Waals surface area contributed by atoms with Crippen molar-refractivity contribution >= 4 is 37.8 Å². The van der Waals surface area contributed by atoms with Crippen LogP contribution in [0.3, 0.4) is 0 Å². The third kappa shape index (κ3) is 3.48. The molecule has 1 aromatic carbocycles. The van der Waals surface area contributed by atoms with Gasteiger partial charge in [-0.1, -0.05) is 15.9 Å². The molecule has 0 bridgehead atoms. The first kappa shape index (κ1) is 12.5. The molecule has 0 aliphatic rings. The van der Waals surface area contributed by atoms with E-state index < -0.39 is 6.10 Å². The topological polar surface area (TPSA) is 64.3 Å². The summed E-state index contributed by atoms with van der Waals surface area (Å²) in [5, 5.41) is 0. The average Bonchev–Trinajstić information content (AvgIpc) is 2.20. The molecule has 1 amide bonds. The van der Waals surface area contributed by atoms with E-state index in [4.69, 9.17) is 10.6 Å². The highest BCUT2D eigenvalue weighted by Gasteiger charge is 2.14. The molecule has 6 heteroatoms. The van der Waals surface area contributed by atoms with Gasteiger partial charge in [0, 0.05) is 4.47 Å². The monoisotopic (exact) mass is 336 g/mol. The Labute approximate surface area is 104 Å².